The van der Waals surface area contributed by atoms with Crippen LogP contribution in [0.1, 0.15) is 24.9 Å². The molecule has 0 radical (unpaired) electrons. The maximum absolute atomic E-state index is 12.5. The van der Waals surface area contributed by atoms with Crippen molar-refractivity contribution in [2.45, 2.75) is 29.5 Å². The first kappa shape index (κ1) is 19.1. The summed E-state index contributed by atoms with van der Waals surface area (Å²) in [5.74, 6) is 1.01. The van der Waals surface area contributed by atoms with Crippen molar-refractivity contribution in [1.82, 2.24) is 5.32 Å². The first-order valence-electron chi connectivity index (χ1n) is 8.59. The van der Waals surface area contributed by atoms with Crippen molar-refractivity contribution in [1.29, 1.82) is 0 Å². The molecule has 1 heterocycles. The number of para-hydroxylation sites is 1. The smallest absolute Gasteiger partial charge is 0.238 e. The van der Waals surface area contributed by atoms with E-state index in [4.69, 9.17) is 9.47 Å². The lowest BCUT2D eigenvalue weighted by Gasteiger charge is -2.24. The number of amides is 2. The molecule has 3 rings (SSSR count). The molecule has 0 unspecified atom stereocenters. The zero-order chi connectivity index (χ0) is 19.4. The Balaban J connectivity index is 1.67. The van der Waals surface area contributed by atoms with Gasteiger partial charge in [0, 0.05) is 16.9 Å². The Morgan fingerprint density at radius 2 is 2.00 bits per heavy atom. The lowest BCUT2D eigenvalue weighted by Crippen LogP contribution is -2.35. The van der Waals surface area contributed by atoms with Crippen LogP contribution >= 0.6 is 11.8 Å². The van der Waals surface area contributed by atoms with Crippen molar-refractivity contribution >= 4 is 29.3 Å². The van der Waals surface area contributed by atoms with Crippen LogP contribution in [0.15, 0.2) is 47.4 Å². The molecular formula is C20H22N2O4S. The van der Waals surface area contributed by atoms with E-state index in [1.54, 1.807) is 26.4 Å². The Bertz CT molecular complexity index is 856. The molecule has 2 aromatic carbocycles. The Kier molecular flexibility index (Phi) is 5.91. The molecule has 0 aromatic heterocycles. The van der Waals surface area contributed by atoms with E-state index in [0.29, 0.717) is 11.5 Å². The molecule has 142 valence electrons. The monoisotopic (exact) mass is 386 g/mol. The Morgan fingerprint density at radius 1 is 1.22 bits per heavy atom. The quantitative estimate of drug-likeness (QED) is 0.796. The van der Waals surface area contributed by atoms with Gasteiger partial charge in [-0.15, -0.1) is 11.8 Å². The van der Waals surface area contributed by atoms with Crippen LogP contribution in [0.5, 0.6) is 11.5 Å². The van der Waals surface area contributed by atoms with E-state index < -0.39 is 5.25 Å². The highest BCUT2D eigenvalue weighted by Crippen LogP contribution is 2.36. The molecule has 0 aliphatic carbocycles. The van der Waals surface area contributed by atoms with E-state index in [9.17, 15) is 9.59 Å². The van der Waals surface area contributed by atoms with Crippen molar-refractivity contribution in [2.75, 3.05) is 19.5 Å². The van der Waals surface area contributed by atoms with E-state index in [1.807, 2.05) is 37.3 Å². The van der Waals surface area contributed by atoms with Crippen LogP contribution in [-0.2, 0) is 9.59 Å². The number of fused-ring (bicyclic) bond motifs is 1. The number of thioether (sulfide) groups is 1. The normalized spacial score (nSPS) is 16.7. The van der Waals surface area contributed by atoms with Crippen molar-refractivity contribution in [3.63, 3.8) is 0 Å². The fourth-order valence-corrected chi connectivity index (χ4v) is 4.06. The molecule has 2 aromatic rings. The second kappa shape index (κ2) is 8.35. The van der Waals surface area contributed by atoms with E-state index in [0.717, 1.165) is 16.1 Å². The van der Waals surface area contributed by atoms with Crippen molar-refractivity contribution in [2.24, 2.45) is 0 Å². The number of hydrogen-bond donors (Lipinski definition) is 2. The molecule has 0 saturated carbocycles. The van der Waals surface area contributed by atoms with Crippen LogP contribution in [0.25, 0.3) is 0 Å². The van der Waals surface area contributed by atoms with Gasteiger partial charge in [0.05, 0.1) is 31.2 Å². The summed E-state index contributed by atoms with van der Waals surface area (Å²) in [5, 5.41) is 5.34. The summed E-state index contributed by atoms with van der Waals surface area (Å²) in [6.07, 6.45) is 0.0987. The molecule has 2 atom stereocenters. The molecule has 2 amide bonds. The SMILES string of the molecule is COc1ccc(OC)c([C@H](C)NC(=O)C[C@@H]2Sc3ccccc3NC2=O)c1. The highest BCUT2D eigenvalue weighted by atomic mass is 32.2. The van der Waals surface area contributed by atoms with E-state index in [2.05, 4.69) is 10.6 Å². The molecule has 7 heteroatoms. The fourth-order valence-electron chi connectivity index (χ4n) is 2.95. The zero-order valence-electron chi connectivity index (χ0n) is 15.4. The second-order valence-corrected chi connectivity index (χ2v) is 7.44. The van der Waals surface area contributed by atoms with Gasteiger partial charge in [-0.3, -0.25) is 9.59 Å². The third-order valence-corrected chi connectivity index (χ3v) is 5.63. The van der Waals surface area contributed by atoms with Crippen LogP contribution in [0.2, 0.25) is 0 Å². The maximum atomic E-state index is 12.5. The number of benzene rings is 2. The maximum Gasteiger partial charge on any atom is 0.238 e. The number of anilines is 1. The average molecular weight is 386 g/mol. The first-order valence-corrected chi connectivity index (χ1v) is 9.47. The largest absolute Gasteiger partial charge is 0.497 e. The van der Waals surface area contributed by atoms with Gasteiger partial charge >= 0.3 is 0 Å². The standard InChI is InChI=1S/C20H22N2O4S/c1-12(14-10-13(25-2)8-9-16(14)26-3)21-19(23)11-18-20(24)22-15-6-4-5-7-17(15)27-18/h4-10,12,18H,11H2,1-3H3,(H,21,23)(H,22,24)/t12-,18-/m0/s1. The summed E-state index contributed by atoms with van der Waals surface area (Å²) in [5.41, 5.74) is 1.61. The van der Waals surface area contributed by atoms with Crippen molar-refractivity contribution < 1.29 is 19.1 Å². The van der Waals surface area contributed by atoms with Gasteiger partial charge in [-0.05, 0) is 37.3 Å². The van der Waals surface area contributed by atoms with Crippen molar-refractivity contribution in [3.05, 3.63) is 48.0 Å². The minimum Gasteiger partial charge on any atom is -0.497 e. The second-order valence-electron chi connectivity index (χ2n) is 6.19. The molecule has 27 heavy (non-hydrogen) atoms. The lowest BCUT2D eigenvalue weighted by atomic mass is 10.1. The van der Waals surface area contributed by atoms with Gasteiger partial charge in [-0.1, -0.05) is 12.1 Å². The summed E-state index contributed by atoms with van der Waals surface area (Å²) in [6.45, 7) is 1.87. The van der Waals surface area contributed by atoms with Crippen LogP contribution in [0, 0.1) is 0 Å². The Labute approximate surface area is 162 Å². The first-order chi connectivity index (χ1) is 13.0. The predicted octanol–water partition coefficient (Wildman–Crippen LogP) is 3.38. The van der Waals surface area contributed by atoms with Crippen LogP contribution in [0.4, 0.5) is 5.69 Å². The third kappa shape index (κ3) is 4.36. The molecule has 0 bridgehead atoms. The highest BCUT2D eigenvalue weighted by Gasteiger charge is 2.29. The molecule has 0 fully saturated rings. The molecule has 1 aliphatic heterocycles. The van der Waals surface area contributed by atoms with Crippen LogP contribution in [0.3, 0.4) is 0 Å². The third-order valence-electron chi connectivity index (χ3n) is 4.36. The van der Waals surface area contributed by atoms with E-state index in [1.165, 1.54) is 11.8 Å². The van der Waals surface area contributed by atoms with Gasteiger partial charge in [-0.25, -0.2) is 0 Å². The number of rotatable bonds is 6. The molecule has 1 aliphatic rings. The number of ether oxygens (including phenoxy) is 2. The summed E-state index contributed by atoms with van der Waals surface area (Å²) in [7, 11) is 3.17. The minimum atomic E-state index is -0.459. The molecule has 0 spiro atoms. The van der Waals surface area contributed by atoms with Crippen LogP contribution in [-0.4, -0.2) is 31.3 Å². The number of carbonyl (C=O) groups is 2. The minimum absolute atomic E-state index is 0.0987. The fraction of sp³-hybridized carbons (Fsp3) is 0.300. The number of carbonyl (C=O) groups excluding carboxylic acids is 2. The van der Waals surface area contributed by atoms with Gasteiger partial charge in [0.25, 0.3) is 0 Å². The topological polar surface area (TPSA) is 76.7 Å². The van der Waals surface area contributed by atoms with Gasteiger partial charge < -0.3 is 20.1 Å². The zero-order valence-corrected chi connectivity index (χ0v) is 16.3. The summed E-state index contributed by atoms with van der Waals surface area (Å²) in [4.78, 5) is 25.8. The van der Waals surface area contributed by atoms with E-state index >= 15 is 0 Å². The number of hydrogen-bond acceptors (Lipinski definition) is 5. The molecule has 2 N–H and O–H groups in total. The lowest BCUT2D eigenvalue weighted by molar-refractivity contribution is -0.124. The highest BCUT2D eigenvalue weighted by molar-refractivity contribution is 8.01. The Morgan fingerprint density at radius 3 is 2.74 bits per heavy atom. The van der Waals surface area contributed by atoms with Crippen molar-refractivity contribution in [3.8, 4) is 11.5 Å². The summed E-state index contributed by atoms with van der Waals surface area (Å²) in [6, 6.07) is 12.7. The van der Waals surface area contributed by atoms with Gasteiger partial charge in [0.1, 0.15) is 11.5 Å². The van der Waals surface area contributed by atoms with Gasteiger partial charge in [-0.2, -0.15) is 0 Å². The predicted molar refractivity (Wildman–Crippen MR) is 105 cm³/mol. The Hall–Kier alpha value is -2.67. The van der Waals surface area contributed by atoms with Crippen LogP contribution < -0.4 is 20.1 Å². The summed E-state index contributed by atoms with van der Waals surface area (Å²) < 4.78 is 10.6. The summed E-state index contributed by atoms with van der Waals surface area (Å²) >= 11 is 1.41. The van der Waals surface area contributed by atoms with Gasteiger partial charge in [0.2, 0.25) is 11.8 Å². The number of nitrogens with one attached hydrogen (secondary N) is 2. The average Bonchev–Trinajstić information content (AvgIpc) is 2.67. The molecule has 0 saturated heterocycles. The van der Waals surface area contributed by atoms with E-state index in [-0.39, 0.29) is 24.3 Å². The molecule has 6 nitrogen and oxygen atoms in total. The number of methoxy groups -OCH3 is 2. The van der Waals surface area contributed by atoms with Gasteiger partial charge in [0.15, 0.2) is 0 Å². The molecular weight excluding hydrogens is 364 g/mol.